The first-order valence-electron chi connectivity index (χ1n) is 6.98. The highest BCUT2D eigenvalue weighted by Gasteiger charge is 2.27. The van der Waals surface area contributed by atoms with Crippen LogP contribution in [0.15, 0.2) is 23.1 Å². The van der Waals surface area contributed by atoms with Gasteiger partial charge >= 0.3 is 0 Å². The van der Waals surface area contributed by atoms with E-state index in [0.29, 0.717) is 12.3 Å². The molecule has 1 unspecified atom stereocenters. The smallest absolute Gasteiger partial charge is 0.244 e. The van der Waals surface area contributed by atoms with Crippen molar-refractivity contribution in [1.29, 1.82) is 0 Å². The molecule has 1 saturated heterocycles. The lowest BCUT2D eigenvalue weighted by molar-refractivity contribution is 0.399. The summed E-state index contributed by atoms with van der Waals surface area (Å²) in [4.78, 5) is 2.31. The second-order valence-electron chi connectivity index (χ2n) is 5.38. The van der Waals surface area contributed by atoms with Gasteiger partial charge in [-0.05, 0) is 44.8 Å². The maximum absolute atomic E-state index is 12.5. The van der Waals surface area contributed by atoms with Crippen molar-refractivity contribution in [3.8, 4) is 5.75 Å². The van der Waals surface area contributed by atoms with E-state index in [2.05, 4.69) is 14.9 Å². The van der Waals surface area contributed by atoms with Crippen LogP contribution in [-0.2, 0) is 16.6 Å². The van der Waals surface area contributed by atoms with E-state index in [1.165, 1.54) is 7.11 Å². The third-order valence-electron chi connectivity index (χ3n) is 3.61. The Hall–Kier alpha value is -1.15. The number of sulfonamides is 1. The molecular weight excluding hydrogens is 290 g/mol. The Morgan fingerprint density at radius 1 is 1.43 bits per heavy atom. The monoisotopic (exact) mass is 313 g/mol. The molecule has 6 nitrogen and oxygen atoms in total. The molecule has 0 aromatic heterocycles. The number of nitrogens with zero attached hydrogens (tertiary/aromatic N) is 1. The van der Waals surface area contributed by atoms with Crippen molar-refractivity contribution in [2.45, 2.75) is 23.9 Å². The lowest BCUT2D eigenvalue weighted by Gasteiger charge is -2.16. The number of ether oxygens (including phenoxy) is 1. The molecule has 1 aromatic carbocycles. The van der Waals surface area contributed by atoms with Crippen molar-refractivity contribution in [2.75, 3.05) is 34.3 Å². The molecule has 0 spiro atoms. The average Bonchev–Trinajstić information content (AvgIpc) is 2.83. The van der Waals surface area contributed by atoms with Crippen LogP contribution in [0.5, 0.6) is 5.75 Å². The molecule has 1 atom stereocenters. The molecule has 0 bridgehead atoms. The van der Waals surface area contributed by atoms with Crippen LogP contribution >= 0.6 is 0 Å². The largest absolute Gasteiger partial charge is 0.495 e. The van der Waals surface area contributed by atoms with Crippen LogP contribution in [0.2, 0.25) is 0 Å². The summed E-state index contributed by atoms with van der Waals surface area (Å²) in [5, 5.41) is 3.03. The topological polar surface area (TPSA) is 70.7 Å². The summed E-state index contributed by atoms with van der Waals surface area (Å²) in [6.07, 6.45) is 0.829. The Bertz CT molecular complexity index is 589. The third kappa shape index (κ3) is 3.94. The molecule has 1 aliphatic heterocycles. The maximum Gasteiger partial charge on any atom is 0.244 e. The van der Waals surface area contributed by atoms with Crippen LogP contribution in [0.3, 0.4) is 0 Å². The Kier molecular flexibility index (Phi) is 5.21. The molecule has 7 heteroatoms. The lowest BCUT2D eigenvalue weighted by atomic mass is 10.2. The van der Waals surface area contributed by atoms with Crippen molar-refractivity contribution in [1.82, 2.24) is 14.9 Å². The van der Waals surface area contributed by atoms with Gasteiger partial charge < -0.3 is 15.0 Å². The van der Waals surface area contributed by atoms with Crippen LogP contribution < -0.4 is 14.8 Å². The first-order chi connectivity index (χ1) is 9.96. The number of hydrogen-bond donors (Lipinski definition) is 2. The fraction of sp³-hybridized carbons (Fsp3) is 0.571. The van der Waals surface area contributed by atoms with Crippen molar-refractivity contribution in [3.63, 3.8) is 0 Å². The zero-order valence-electron chi connectivity index (χ0n) is 12.7. The fourth-order valence-electron chi connectivity index (χ4n) is 2.56. The number of hydrogen-bond acceptors (Lipinski definition) is 5. The number of likely N-dealkylation sites (N-methyl/N-ethyl adjacent to an activating group) is 1. The van der Waals surface area contributed by atoms with E-state index in [1.807, 2.05) is 14.1 Å². The number of likely N-dealkylation sites (tertiary alicyclic amines) is 1. The van der Waals surface area contributed by atoms with Gasteiger partial charge in [0, 0.05) is 19.1 Å². The van der Waals surface area contributed by atoms with Gasteiger partial charge in [-0.1, -0.05) is 6.07 Å². The van der Waals surface area contributed by atoms with Gasteiger partial charge in [0.25, 0.3) is 0 Å². The number of methoxy groups -OCH3 is 1. The Morgan fingerprint density at radius 2 is 2.19 bits per heavy atom. The van der Waals surface area contributed by atoms with Crippen molar-refractivity contribution < 1.29 is 13.2 Å². The van der Waals surface area contributed by atoms with Crippen LogP contribution in [0.1, 0.15) is 12.0 Å². The molecule has 0 amide bonds. The van der Waals surface area contributed by atoms with Crippen LogP contribution in [0.25, 0.3) is 0 Å². The molecule has 21 heavy (non-hydrogen) atoms. The van der Waals surface area contributed by atoms with Gasteiger partial charge in [-0.15, -0.1) is 0 Å². The van der Waals surface area contributed by atoms with Gasteiger partial charge in [0.15, 0.2) is 0 Å². The molecule has 0 saturated carbocycles. The normalized spacial score (nSPS) is 19.9. The van der Waals surface area contributed by atoms with Gasteiger partial charge in [-0.3, -0.25) is 0 Å². The van der Waals surface area contributed by atoms with Gasteiger partial charge in [-0.25, -0.2) is 13.1 Å². The summed E-state index contributed by atoms with van der Waals surface area (Å²) < 4.78 is 33.0. The number of rotatable bonds is 6. The Labute approximate surface area is 126 Å². The maximum atomic E-state index is 12.5. The molecule has 1 fully saturated rings. The zero-order chi connectivity index (χ0) is 15.5. The molecule has 2 rings (SSSR count). The second-order valence-corrected chi connectivity index (χ2v) is 7.07. The second kappa shape index (κ2) is 6.74. The van der Waals surface area contributed by atoms with E-state index in [9.17, 15) is 8.42 Å². The van der Waals surface area contributed by atoms with E-state index in [1.54, 1.807) is 18.2 Å². The number of benzene rings is 1. The summed E-state index contributed by atoms with van der Waals surface area (Å²) >= 11 is 0. The molecule has 1 heterocycles. The van der Waals surface area contributed by atoms with Gasteiger partial charge in [-0.2, -0.15) is 0 Å². The predicted octanol–water partition coefficient (Wildman–Crippen LogP) is 0.397. The first-order valence-corrected chi connectivity index (χ1v) is 8.47. The molecular formula is C14H23N3O3S. The summed E-state index contributed by atoms with van der Waals surface area (Å²) in [7, 11) is 1.75. The van der Waals surface area contributed by atoms with Crippen molar-refractivity contribution >= 4 is 10.0 Å². The minimum Gasteiger partial charge on any atom is -0.495 e. The predicted molar refractivity (Wildman–Crippen MR) is 82.0 cm³/mol. The quantitative estimate of drug-likeness (QED) is 0.795. The molecule has 2 N–H and O–H groups in total. The highest BCUT2D eigenvalue weighted by molar-refractivity contribution is 7.89. The highest BCUT2D eigenvalue weighted by Crippen LogP contribution is 2.25. The van der Waals surface area contributed by atoms with Gasteiger partial charge in [0.05, 0.1) is 7.11 Å². The third-order valence-corrected chi connectivity index (χ3v) is 5.17. The fourth-order valence-corrected chi connectivity index (χ4v) is 3.97. The Morgan fingerprint density at radius 3 is 2.76 bits per heavy atom. The van der Waals surface area contributed by atoms with E-state index in [0.717, 1.165) is 25.1 Å². The van der Waals surface area contributed by atoms with E-state index < -0.39 is 10.0 Å². The minimum absolute atomic E-state index is 0.0401. The molecule has 1 aromatic rings. The van der Waals surface area contributed by atoms with Crippen LogP contribution in [-0.4, -0.2) is 53.7 Å². The molecule has 0 radical (unpaired) electrons. The molecule has 118 valence electrons. The SMILES string of the molecule is CNCc1ccc(S(=O)(=O)NC2CCN(C)C2)c(OC)c1. The Balaban J connectivity index is 2.22. The van der Waals surface area contributed by atoms with Crippen LogP contribution in [0, 0.1) is 0 Å². The van der Waals surface area contributed by atoms with Crippen molar-refractivity contribution in [3.05, 3.63) is 23.8 Å². The van der Waals surface area contributed by atoms with Gasteiger partial charge in [0.2, 0.25) is 10.0 Å². The minimum atomic E-state index is -3.56. The molecule has 0 aliphatic carbocycles. The van der Waals surface area contributed by atoms with Crippen LogP contribution in [0.4, 0.5) is 0 Å². The number of nitrogens with one attached hydrogen (secondary N) is 2. The van der Waals surface area contributed by atoms with Crippen molar-refractivity contribution in [2.24, 2.45) is 0 Å². The van der Waals surface area contributed by atoms with Gasteiger partial charge in [0.1, 0.15) is 10.6 Å². The summed E-state index contributed by atoms with van der Waals surface area (Å²) in [5.74, 6) is 0.376. The average molecular weight is 313 g/mol. The highest BCUT2D eigenvalue weighted by atomic mass is 32.2. The zero-order valence-corrected chi connectivity index (χ0v) is 13.5. The van der Waals surface area contributed by atoms with E-state index in [-0.39, 0.29) is 10.9 Å². The van der Waals surface area contributed by atoms with E-state index in [4.69, 9.17) is 4.74 Å². The first kappa shape index (κ1) is 16.2. The summed E-state index contributed by atoms with van der Waals surface area (Å²) in [6.45, 7) is 2.31. The lowest BCUT2D eigenvalue weighted by Crippen LogP contribution is -2.36. The summed E-state index contributed by atoms with van der Waals surface area (Å²) in [5.41, 5.74) is 0.980. The standard InChI is InChI=1S/C14H23N3O3S/c1-15-9-11-4-5-14(13(8-11)20-3)21(18,19)16-12-6-7-17(2)10-12/h4-5,8,12,15-16H,6-7,9-10H2,1-3H3. The molecule has 1 aliphatic rings. The van der Waals surface area contributed by atoms with E-state index >= 15 is 0 Å². The summed E-state index contributed by atoms with van der Waals surface area (Å²) in [6, 6.07) is 5.12.